The van der Waals surface area contributed by atoms with Gasteiger partial charge < -0.3 is 0 Å². The van der Waals surface area contributed by atoms with Crippen LogP contribution in [0.3, 0.4) is 0 Å². The Morgan fingerprint density at radius 2 is 1.19 bits per heavy atom. The van der Waals surface area contributed by atoms with E-state index in [4.69, 9.17) is 0 Å². The molecule has 0 aromatic carbocycles. The fraction of sp³-hybridized carbons (Fsp3) is 1.00. The highest BCUT2D eigenvalue weighted by Crippen LogP contribution is 2.48. The van der Waals surface area contributed by atoms with Gasteiger partial charge in [-0.1, -0.05) is 75.2 Å². The molecule has 3 atom stereocenters. The van der Waals surface area contributed by atoms with Crippen LogP contribution in [0.5, 0.6) is 0 Å². The topological polar surface area (TPSA) is 0 Å². The molecular weight excluding hydrogens is 192 g/mol. The first-order chi connectivity index (χ1) is 7.13. The van der Waals surface area contributed by atoms with Crippen LogP contribution >= 0.6 is 0 Å². The maximum absolute atomic E-state index is 2.48. The van der Waals surface area contributed by atoms with Gasteiger partial charge in [-0.05, 0) is 28.6 Å². The summed E-state index contributed by atoms with van der Waals surface area (Å²) in [6.07, 6.45) is 2.56. The number of hydrogen-bond acceptors (Lipinski definition) is 0. The highest BCUT2D eigenvalue weighted by Gasteiger charge is 2.40. The molecule has 0 saturated carbocycles. The Morgan fingerprint density at radius 1 is 0.750 bits per heavy atom. The Labute approximate surface area is 104 Å². The second kappa shape index (κ2) is 5.56. The first-order valence-electron chi connectivity index (χ1n) is 7.13. The molecule has 3 unspecified atom stereocenters. The van der Waals surface area contributed by atoms with Crippen molar-refractivity contribution in [3.63, 3.8) is 0 Å². The van der Waals surface area contributed by atoms with Gasteiger partial charge in [-0.3, -0.25) is 0 Å². The van der Waals surface area contributed by atoms with Crippen LogP contribution in [0.2, 0.25) is 0 Å². The predicted molar refractivity (Wildman–Crippen MR) is 75.6 cm³/mol. The van der Waals surface area contributed by atoms with E-state index in [1.165, 1.54) is 12.8 Å². The quantitative estimate of drug-likeness (QED) is 0.539. The first-order valence-corrected chi connectivity index (χ1v) is 7.13. The molecule has 0 heterocycles. The largest absolute Gasteiger partial charge is 0.0649 e. The number of rotatable bonds is 6. The Hall–Kier alpha value is 0. The summed E-state index contributed by atoms with van der Waals surface area (Å²) in [4.78, 5) is 0. The van der Waals surface area contributed by atoms with E-state index < -0.39 is 0 Å². The first kappa shape index (κ1) is 16.0. The summed E-state index contributed by atoms with van der Waals surface area (Å²) in [5.74, 6) is 2.33. The second-order valence-electron chi connectivity index (χ2n) is 6.93. The minimum Gasteiger partial charge on any atom is -0.0649 e. The molecule has 0 heteroatoms. The fourth-order valence-electron chi connectivity index (χ4n) is 2.83. The van der Waals surface area contributed by atoms with E-state index >= 15 is 0 Å². The summed E-state index contributed by atoms with van der Waals surface area (Å²) in [6, 6.07) is 0. The molecule has 0 aromatic heterocycles. The van der Waals surface area contributed by atoms with Crippen LogP contribution in [0.1, 0.15) is 75.2 Å². The summed E-state index contributed by atoms with van der Waals surface area (Å²) in [7, 11) is 0. The average Bonchev–Trinajstić information content (AvgIpc) is 2.25. The van der Waals surface area contributed by atoms with E-state index in [1.54, 1.807) is 0 Å². The molecule has 0 aromatic rings. The van der Waals surface area contributed by atoms with Crippen molar-refractivity contribution in [3.8, 4) is 0 Å². The zero-order valence-electron chi connectivity index (χ0n) is 13.1. The minimum absolute atomic E-state index is 0.463. The van der Waals surface area contributed by atoms with Gasteiger partial charge in [-0.2, -0.15) is 0 Å². The summed E-state index contributed by atoms with van der Waals surface area (Å²) < 4.78 is 0. The molecule has 0 N–H and O–H groups in total. The normalized spacial score (nSPS) is 20.6. The highest BCUT2D eigenvalue weighted by atomic mass is 14.4. The monoisotopic (exact) mass is 226 g/mol. The zero-order valence-corrected chi connectivity index (χ0v) is 13.1. The highest BCUT2D eigenvalue weighted by molar-refractivity contribution is 4.89. The summed E-state index contributed by atoms with van der Waals surface area (Å²) >= 11 is 0. The molecule has 0 spiro atoms. The molecule has 0 radical (unpaired) electrons. The van der Waals surface area contributed by atoms with E-state index in [1.807, 2.05) is 0 Å². The Kier molecular flexibility index (Phi) is 5.56. The van der Waals surface area contributed by atoms with Gasteiger partial charge in [0.1, 0.15) is 0 Å². The van der Waals surface area contributed by atoms with Crippen molar-refractivity contribution in [2.45, 2.75) is 75.2 Å². The van der Waals surface area contributed by atoms with Crippen LogP contribution in [0.15, 0.2) is 0 Å². The minimum atomic E-state index is 0.463. The molecule has 0 aliphatic carbocycles. The maximum atomic E-state index is 2.48. The molecule has 0 nitrogen and oxygen atoms in total. The summed E-state index contributed by atoms with van der Waals surface area (Å²) in [5.41, 5.74) is 0.941. The van der Waals surface area contributed by atoms with Crippen LogP contribution in [-0.4, -0.2) is 0 Å². The van der Waals surface area contributed by atoms with Crippen LogP contribution < -0.4 is 0 Å². The lowest BCUT2D eigenvalue weighted by atomic mass is 9.59. The van der Waals surface area contributed by atoms with Gasteiger partial charge in [-0.25, -0.2) is 0 Å². The van der Waals surface area contributed by atoms with Gasteiger partial charge >= 0.3 is 0 Å². The lowest BCUT2D eigenvalue weighted by Gasteiger charge is -2.47. The third kappa shape index (κ3) is 3.02. The van der Waals surface area contributed by atoms with Crippen molar-refractivity contribution < 1.29 is 0 Å². The molecule has 0 aliphatic rings. The Balaban J connectivity index is 4.96. The van der Waals surface area contributed by atoms with Gasteiger partial charge in [0.15, 0.2) is 0 Å². The third-order valence-corrected chi connectivity index (χ3v) is 6.01. The van der Waals surface area contributed by atoms with Gasteiger partial charge in [0.2, 0.25) is 0 Å². The van der Waals surface area contributed by atoms with Gasteiger partial charge in [0, 0.05) is 0 Å². The van der Waals surface area contributed by atoms with Gasteiger partial charge in [0.25, 0.3) is 0 Å². The SMILES string of the molecule is CCC(C)(C)C(C)C(C)C(C)(CC)C(C)C. The molecule has 0 fully saturated rings. The van der Waals surface area contributed by atoms with Crippen LogP contribution in [0.25, 0.3) is 0 Å². The Morgan fingerprint density at radius 3 is 1.44 bits per heavy atom. The smallest absolute Gasteiger partial charge is 0.0277 e. The van der Waals surface area contributed by atoms with Crippen LogP contribution in [0, 0.1) is 28.6 Å². The molecule has 98 valence electrons. The van der Waals surface area contributed by atoms with Gasteiger partial charge in [-0.15, -0.1) is 0 Å². The van der Waals surface area contributed by atoms with Crippen molar-refractivity contribution in [1.82, 2.24) is 0 Å². The van der Waals surface area contributed by atoms with E-state index in [0.717, 1.165) is 17.8 Å². The van der Waals surface area contributed by atoms with E-state index in [9.17, 15) is 0 Å². The molecule has 0 rings (SSSR count). The van der Waals surface area contributed by atoms with Crippen molar-refractivity contribution in [2.24, 2.45) is 28.6 Å². The molecular formula is C16H34. The zero-order chi connectivity index (χ0) is 13.1. The molecule has 0 bridgehead atoms. The van der Waals surface area contributed by atoms with Crippen LogP contribution in [0.4, 0.5) is 0 Å². The molecule has 0 saturated heterocycles. The summed E-state index contributed by atoms with van der Waals surface area (Å²) in [5, 5.41) is 0. The predicted octanol–water partition coefficient (Wildman–Crippen LogP) is 5.77. The standard InChI is InChI=1S/C16H34/c1-10-15(7,8)13(5)14(6)16(9,11-2)12(3)4/h12-14H,10-11H2,1-9H3. The second-order valence-corrected chi connectivity index (χ2v) is 6.93. The maximum Gasteiger partial charge on any atom is -0.0277 e. The average molecular weight is 226 g/mol. The Bertz CT molecular complexity index is 202. The van der Waals surface area contributed by atoms with Crippen molar-refractivity contribution in [1.29, 1.82) is 0 Å². The fourth-order valence-corrected chi connectivity index (χ4v) is 2.83. The lowest BCUT2D eigenvalue weighted by molar-refractivity contribution is 0.0247. The lowest BCUT2D eigenvalue weighted by Crippen LogP contribution is -2.39. The molecule has 16 heavy (non-hydrogen) atoms. The van der Waals surface area contributed by atoms with Crippen molar-refractivity contribution >= 4 is 0 Å². The van der Waals surface area contributed by atoms with Crippen molar-refractivity contribution in [2.75, 3.05) is 0 Å². The van der Waals surface area contributed by atoms with E-state index in [-0.39, 0.29) is 0 Å². The van der Waals surface area contributed by atoms with E-state index in [0.29, 0.717) is 10.8 Å². The third-order valence-electron chi connectivity index (χ3n) is 6.01. The van der Waals surface area contributed by atoms with Gasteiger partial charge in [0.05, 0.1) is 0 Å². The van der Waals surface area contributed by atoms with E-state index in [2.05, 4.69) is 62.3 Å². The molecule has 0 aliphatic heterocycles. The van der Waals surface area contributed by atoms with Crippen LogP contribution in [-0.2, 0) is 0 Å². The van der Waals surface area contributed by atoms with Crippen molar-refractivity contribution in [3.05, 3.63) is 0 Å². The summed E-state index contributed by atoms with van der Waals surface area (Å²) in [6.45, 7) is 21.7. The number of hydrogen-bond donors (Lipinski definition) is 0. The molecule has 0 amide bonds.